The summed E-state index contributed by atoms with van der Waals surface area (Å²) in [5.41, 5.74) is 5.66. The third kappa shape index (κ3) is 4.07. The molecule has 1 aliphatic rings. The van der Waals surface area contributed by atoms with Crippen LogP contribution in [0.3, 0.4) is 0 Å². The van der Waals surface area contributed by atoms with E-state index >= 15 is 0 Å². The zero-order chi connectivity index (χ0) is 9.52. The Balaban J connectivity index is 2.09. The van der Waals surface area contributed by atoms with Crippen molar-refractivity contribution in [3.05, 3.63) is 0 Å². The molecule has 0 saturated carbocycles. The largest absolute Gasteiger partial charge is 0.379 e. The van der Waals surface area contributed by atoms with Crippen LogP contribution >= 0.6 is 0 Å². The number of hydrogen-bond donors (Lipinski definition) is 1. The summed E-state index contributed by atoms with van der Waals surface area (Å²) in [5.74, 6) is 0.711. The Bertz CT molecular complexity index is 120. The van der Waals surface area contributed by atoms with E-state index in [0.717, 1.165) is 32.8 Å². The minimum absolute atomic E-state index is 0.711. The standard InChI is InChI=1S/C10H22N2O/c1-2-10(9-11)3-4-12-5-7-13-8-6-12/h10H,2-9,11H2,1H3. The van der Waals surface area contributed by atoms with E-state index in [0.29, 0.717) is 5.92 Å². The van der Waals surface area contributed by atoms with Crippen molar-refractivity contribution in [2.45, 2.75) is 19.8 Å². The SMILES string of the molecule is CCC(CN)CCN1CCOCC1. The van der Waals surface area contributed by atoms with Crippen LogP contribution in [-0.2, 0) is 4.74 Å². The van der Waals surface area contributed by atoms with Gasteiger partial charge in [0.15, 0.2) is 0 Å². The molecule has 1 atom stereocenters. The van der Waals surface area contributed by atoms with Gasteiger partial charge in [0, 0.05) is 13.1 Å². The first-order valence-electron chi connectivity index (χ1n) is 5.37. The predicted octanol–water partition coefficient (Wildman–Crippen LogP) is 0.694. The van der Waals surface area contributed by atoms with Crippen LogP contribution in [0, 0.1) is 5.92 Å². The van der Waals surface area contributed by atoms with Crippen LogP contribution in [0.2, 0.25) is 0 Å². The van der Waals surface area contributed by atoms with Crippen molar-refractivity contribution in [2.24, 2.45) is 11.7 Å². The van der Waals surface area contributed by atoms with E-state index in [1.165, 1.54) is 19.4 Å². The molecular weight excluding hydrogens is 164 g/mol. The Morgan fingerprint density at radius 3 is 2.62 bits per heavy atom. The summed E-state index contributed by atoms with van der Waals surface area (Å²) in [4.78, 5) is 2.47. The summed E-state index contributed by atoms with van der Waals surface area (Å²) in [6, 6.07) is 0. The summed E-state index contributed by atoms with van der Waals surface area (Å²) < 4.78 is 5.29. The molecule has 1 rings (SSSR count). The Hall–Kier alpha value is -0.120. The normalized spacial score (nSPS) is 21.7. The fourth-order valence-electron chi connectivity index (χ4n) is 1.68. The molecule has 0 amide bonds. The average Bonchev–Trinajstić information content (AvgIpc) is 2.21. The Morgan fingerprint density at radius 1 is 1.38 bits per heavy atom. The number of ether oxygens (including phenoxy) is 1. The first-order chi connectivity index (χ1) is 6.36. The van der Waals surface area contributed by atoms with Crippen LogP contribution in [0.5, 0.6) is 0 Å². The first-order valence-corrected chi connectivity index (χ1v) is 5.37. The van der Waals surface area contributed by atoms with Crippen molar-refractivity contribution in [2.75, 3.05) is 39.4 Å². The highest BCUT2D eigenvalue weighted by Gasteiger charge is 2.11. The summed E-state index contributed by atoms with van der Waals surface area (Å²) in [5, 5.41) is 0. The maximum Gasteiger partial charge on any atom is 0.0594 e. The number of hydrogen-bond acceptors (Lipinski definition) is 3. The summed E-state index contributed by atoms with van der Waals surface area (Å²) in [6.07, 6.45) is 2.45. The molecule has 1 saturated heterocycles. The summed E-state index contributed by atoms with van der Waals surface area (Å²) in [6.45, 7) is 8.25. The first kappa shape index (κ1) is 11.0. The quantitative estimate of drug-likeness (QED) is 0.686. The highest BCUT2D eigenvalue weighted by Crippen LogP contribution is 2.08. The van der Waals surface area contributed by atoms with E-state index in [-0.39, 0.29) is 0 Å². The zero-order valence-corrected chi connectivity index (χ0v) is 8.67. The molecule has 0 bridgehead atoms. The Morgan fingerprint density at radius 2 is 2.08 bits per heavy atom. The van der Waals surface area contributed by atoms with Crippen molar-refractivity contribution in [1.29, 1.82) is 0 Å². The molecule has 0 aliphatic carbocycles. The van der Waals surface area contributed by atoms with E-state index in [2.05, 4.69) is 11.8 Å². The van der Waals surface area contributed by atoms with Crippen LogP contribution in [0.4, 0.5) is 0 Å². The fraction of sp³-hybridized carbons (Fsp3) is 1.00. The lowest BCUT2D eigenvalue weighted by atomic mass is 10.0. The minimum atomic E-state index is 0.711. The maximum atomic E-state index is 5.66. The minimum Gasteiger partial charge on any atom is -0.379 e. The molecule has 13 heavy (non-hydrogen) atoms. The number of nitrogens with zero attached hydrogens (tertiary/aromatic N) is 1. The van der Waals surface area contributed by atoms with E-state index in [1.54, 1.807) is 0 Å². The lowest BCUT2D eigenvalue weighted by Gasteiger charge is -2.27. The van der Waals surface area contributed by atoms with Crippen molar-refractivity contribution >= 4 is 0 Å². The topological polar surface area (TPSA) is 38.5 Å². The molecular formula is C10H22N2O. The molecule has 78 valence electrons. The van der Waals surface area contributed by atoms with Crippen molar-refractivity contribution in [1.82, 2.24) is 4.90 Å². The molecule has 0 aromatic carbocycles. The molecule has 1 fully saturated rings. The van der Waals surface area contributed by atoms with Gasteiger partial charge in [0.1, 0.15) is 0 Å². The molecule has 1 aliphatic heterocycles. The molecule has 0 radical (unpaired) electrons. The van der Waals surface area contributed by atoms with E-state index in [4.69, 9.17) is 10.5 Å². The molecule has 1 heterocycles. The van der Waals surface area contributed by atoms with Gasteiger partial charge >= 0.3 is 0 Å². The molecule has 0 aromatic rings. The maximum absolute atomic E-state index is 5.66. The number of rotatable bonds is 5. The van der Waals surface area contributed by atoms with Gasteiger partial charge in [0.25, 0.3) is 0 Å². The van der Waals surface area contributed by atoms with E-state index < -0.39 is 0 Å². The van der Waals surface area contributed by atoms with Gasteiger partial charge in [-0.05, 0) is 25.4 Å². The number of nitrogens with two attached hydrogens (primary N) is 1. The lowest BCUT2D eigenvalue weighted by molar-refractivity contribution is 0.0354. The highest BCUT2D eigenvalue weighted by molar-refractivity contribution is 4.65. The third-order valence-corrected chi connectivity index (χ3v) is 2.87. The van der Waals surface area contributed by atoms with Gasteiger partial charge < -0.3 is 10.5 Å². The van der Waals surface area contributed by atoms with Gasteiger partial charge in [-0.15, -0.1) is 0 Å². The number of morpholine rings is 1. The second-order valence-electron chi connectivity index (χ2n) is 3.75. The lowest BCUT2D eigenvalue weighted by Crippen LogP contribution is -2.37. The molecule has 3 nitrogen and oxygen atoms in total. The molecule has 2 N–H and O–H groups in total. The van der Waals surface area contributed by atoms with Crippen LogP contribution in [0.25, 0.3) is 0 Å². The highest BCUT2D eigenvalue weighted by atomic mass is 16.5. The predicted molar refractivity (Wildman–Crippen MR) is 54.7 cm³/mol. The molecule has 0 spiro atoms. The molecule has 3 heteroatoms. The average molecular weight is 186 g/mol. The second kappa shape index (κ2) is 6.35. The summed E-state index contributed by atoms with van der Waals surface area (Å²) in [7, 11) is 0. The van der Waals surface area contributed by atoms with Crippen LogP contribution in [0.1, 0.15) is 19.8 Å². The second-order valence-corrected chi connectivity index (χ2v) is 3.75. The van der Waals surface area contributed by atoms with Gasteiger partial charge in [-0.1, -0.05) is 13.3 Å². The van der Waals surface area contributed by atoms with E-state index in [9.17, 15) is 0 Å². The van der Waals surface area contributed by atoms with Crippen LogP contribution in [0.15, 0.2) is 0 Å². The third-order valence-electron chi connectivity index (χ3n) is 2.87. The van der Waals surface area contributed by atoms with E-state index in [1.807, 2.05) is 0 Å². The van der Waals surface area contributed by atoms with Crippen LogP contribution in [-0.4, -0.2) is 44.3 Å². The van der Waals surface area contributed by atoms with Gasteiger partial charge in [-0.2, -0.15) is 0 Å². The van der Waals surface area contributed by atoms with Gasteiger partial charge in [-0.25, -0.2) is 0 Å². The van der Waals surface area contributed by atoms with Crippen molar-refractivity contribution in [3.63, 3.8) is 0 Å². The molecule has 0 aromatic heterocycles. The van der Waals surface area contributed by atoms with Crippen molar-refractivity contribution in [3.8, 4) is 0 Å². The smallest absolute Gasteiger partial charge is 0.0594 e. The van der Waals surface area contributed by atoms with Crippen LogP contribution < -0.4 is 5.73 Å². The van der Waals surface area contributed by atoms with Gasteiger partial charge in [0.05, 0.1) is 13.2 Å². The zero-order valence-electron chi connectivity index (χ0n) is 8.67. The Kier molecular flexibility index (Phi) is 5.35. The van der Waals surface area contributed by atoms with Gasteiger partial charge in [-0.3, -0.25) is 4.90 Å². The fourth-order valence-corrected chi connectivity index (χ4v) is 1.68. The monoisotopic (exact) mass is 186 g/mol. The van der Waals surface area contributed by atoms with Gasteiger partial charge in [0.2, 0.25) is 0 Å². The Labute approximate surface area is 81.2 Å². The molecule has 1 unspecified atom stereocenters. The van der Waals surface area contributed by atoms with Crippen molar-refractivity contribution < 1.29 is 4.74 Å². The summed E-state index contributed by atoms with van der Waals surface area (Å²) >= 11 is 0.